The highest BCUT2D eigenvalue weighted by molar-refractivity contribution is 7.98. The molecule has 2 rings (SSSR count). The Morgan fingerprint density at radius 2 is 1.47 bits per heavy atom. The summed E-state index contributed by atoms with van der Waals surface area (Å²) < 4.78 is 25.8. The van der Waals surface area contributed by atoms with Crippen LogP contribution in [0.1, 0.15) is 5.56 Å². The van der Waals surface area contributed by atoms with E-state index >= 15 is 0 Å². The lowest BCUT2D eigenvalue weighted by atomic mass is 10.2. The maximum Gasteiger partial charge on any atom is 0.199 e. The molecule has 1 aromatic carbocycles. The number of benzene rings is 1. The predicted molar refractivity (Wildman–Crippen MR) is 87.9 cm³/mol. The average Bonchev–Trinajstić information content (AvgIpc) is 2.48. The van der Waals surface area contributed by atoms with Gasteiger partial charge in [0.25, 0.3) is 0 Å². The molecule has 2 nitrogen and oxygen atoms in total. The third-order valence-corrected chi connectivity index (χ3v) is 11.4. The Kier molecular flexibility index (Phi) is 3.23. The van der Waals surface area contributed by atoms with E-state index in [0.29, 0.717) is 9.42 Å². The van der Waals surface area contributed by atoms with E-state index < -0.39 is 26.0 Å². The molecule has 1 aliphatic heterocycles. The van der Waals surface area contributed by atoms with Gasteiger partial charge in [0, 0.05) is 4.53 Å². The molecule has 19 heavy (non-hydrogen) atoms. The predicted octanol–water partition coefficient (Wildman–Crippen LogP) is 3.24. The average molecular weight is 311 g/mol. The zero-order valence-electron chi connectivity index (χ0n) is 12.5. The fourth-order valence-electron chi connectivity index (χ4n) is 2.33. The number of hydrogen-bond acceptors (Lipinski definition) is 2. The molecule has 0 amide bonds. The van der Waals surface area contributed by atoms with Gasteiger partial charge in [-0.25, -0.2) is 8.42 Å². The Labute approximate surface area is 118 Å². The van der Waals surface area contributed by atoms with Crippen molar-refractivity contribution < 1.29 is 8.42 Å². The van der Waals surface area contributed by atoms with Gasteiger partial charge in [0.15, 0.2) is 9.84 Å². The van der Waals surface area contributed by atoms with Crippen LogP contribution in [-0.4, -0.2) is 24.6 Å². The summed E-state index contributed by atoms with van der Waals surface area (Å²) in [6.45, 7) is 13.1. The summed E-state index contributed by atoms with van der Waals surface area (Å²) >= 11 is 0. The summed E-state index contributed by atoms with van der Waals surface area (Å²) in [6, 6.07) is 5.90. The standard InChI is InChI=1S/C14H22O2SSi2/c1-18(2,3)12-7-8-13-11(9-12)10-14(17(13,15)16)19(4,5)6/h7-10H,1-6H3. The van der Waals surface area contributed by atoms with Gasteiger partial charge in [-0.15, -0.1) is 0 Å². The molecule has 0 bridgehead atoms. The smallest absolute Gasteiger partial charge is 0.199 e. The largest absolute Gasteiger partial charge is 0.219 e. The second-order valence-electron chi connectivity index (χ2n) is 7.26. The Hall–Kier alpha value is -0.656. The van der Waals surface area contributed by atoms with E-state index in [2.05, 4.69) is 45.3 Å². The van der Waals surface area contributed by atoms with E-state index in [1.807, 2.05) is 18.2 Å². The third kappa shape index (κ3) is 2.51. The van der Waals surface area contributed by atoms with Crippen LogP contribution < -0.4 is 5.19 Å². The monoisotopic (exact) mass is 310 g/mol. The van der Waals surface area contributed by atoms with Gasteiger partial charge >= 0.3 is 0 Å². The first-order chi connectivity index (χ1) is 8.44. The Morgan fingerprint density at radius 1 is 0.895 bits per heavy atom. The summed E-state index contributed by atoms with van der Waals surface area (Å²) in [7, 11) is -6.47. The van der Waals surface area contributed by atoms with Crippen molar-refractivity contribution in [1.29, 1.82) is 0 Å². The van der Waals surface area contributed by atoms with E-state index in [1.54, 1.807) is 0 Å². The highest BCUT2D eigenvalue weighted by atomic mass is 32.2. The van der Waals surface area contributed by atoms with Crippen molar-refractivity contribution >= 4 is 37.2 Å². The zero-order valence-corrected chi connectivity index (χ0v) is 15.4. The molecule has 1 aromatic rings. The lowest BCUT2D eigenvalue weighted by molar-refractivity contribution is 0.604. The molecule has 0 radical (unpaired) electrons. The number of rotatable bonds is 2. The van der Waals surface area contributed by atoms with Crippen molar-refractivity contribution in [2.45, 2.75) is 44.2 Å². The Balaban J connectivity index is 2.66. The van der Waals surface area contributed by atoms with Gasteiger partial charge in [-0.2, -0.15) is 0 Å². The quantitative estimate of drug-likeness (QED) is 0.786. The van der Waals surface area contributed by atoms with E-state index in [1.165, 1.54) is 5.19 Å². The molecule has 0 aliphatic carbocycles. The van der Waals surface area contributed by atoms with Gasteiger partial charge in [-0.05, 0) is 17.7 Å². The van der Waals surface area contributed by atoms with E-state index in [9.17, 15) is 8.42 Å². The van der Waals surface area contributed by atoms with Gasteiger partial charge in [0.1, 0.15) is 0 Å². The summed E-state index contributed by atoms with van der Waals surface area (Å²) in [4.78, 5) is 0.506. The van der Waals surface area contributed by atoms with Crippen LogP contribution in [0.3, 0.4) is 0 Å². The van der Waals surface area contributed by atoms with Crippen molar-refractivity contribution in [3.63, 3.8) is 0 Å². The molecule has 104 valence electrons. The summed E-state index contributed by atoms with van der Waals surface area (Å²) in [5, 5.41) is 1.31. The van der Waals surface area contributed by atoms with Crippen LogP contribution in [0, 0.1) is 0 Å². The van der Waals surface area contributed by atoms with Gasteiger partial charge in [-0.3, -0.25) is 0 Å². The van der Waals surface area contributed by atoms with E-state index in [-0.39, 0.29) is 0 Å². The van der Waals surface area contributed by atoms with Crippen LogP contribution in [-0.2, 0) is 9.84 Å². The molecule has 0 saturated carbocycles. The number of sulfone groups is 1. The van der Waals surface area contributed by atoms with Crippen molar-refractivity contribution in [3.05, 3.63) is 28.3 Å². The zero-order chi connectivity index (χ0) is 14.6. The molecule has 0 saturated heterocycles. The molecule has 0 spiro atoms. The fraction of sp³-hybridized carbons (Fsp3) is 0.429. The Morgan fingerprint density at radius 3 is 1.95 bits per heavy atom. The van der Waals surface area contributed by atoms with Gasteiger partial charge in [0.05, 0.1) is 21.0 Å². The van der Waals surface area contributed by atoms with E-state index in [4.69, 9.17) is 0 Å². The van der Waals surface area contributed by atoms with Crippen LogP contribution in [0.2, 0.25) is 39.3 Å². The molecule has 1 heterocycles. The van der Waals surface area contributed by atoms with Gasteiger partial charge in [-0.1, -0.05) is 56.6 Å². The summed E-state index contributed by atoms with van der Waals surface area (Å²) in [5.74, 6) is 0. The summed E-state index contributed by atoms with van der Waals surface area (Å²) in [6.07, 6.45) is 1.92. The van der Waals surface area contributed by atoms with Crippen LogP contribution in [0.15, 0.2) is 27.6 Å². The summed E-state index contributed by atoms with van der Waals surface area (Å²) in [5.41, 5.74) is 0.900. The molecule has 0 atom stereocenters. The van der Waals surface area contributed by atoms with Crippen molar-refractivity contribution in [3.8, 4) is 0 Å². The number of fused-ring (bicyclic) bond motifs is 1. The minimum Gasteiger partial charge on any atom is -0.219 e. The normalized spacial score (nSPS) is 18.1. The van der Waals surface area contributed by atoms with Crippen LogP contribution >= 0.6 is 0 Å². The minimum atomic E-state index is -3.23. The van der Waals surface area contributed by atoms with Crippen LogP contribution in [0.25, 0.3) is 6.08 Å². The second-order valence-corrected chi connectivity index (χ2v) is 19.6. The molecule has 0 unspecified atom stereocenters. The molecule has 0 fully saturated rings. The highest BCUT2D eigenvalue weighted by Crippen LogP contribution is 2.37. The van der Waals surface area contributed by atoms with Crippen molar-refractivity contribution in [2.24, 2.45) is 0 Å². The lowest BCUT2D eigenvalue weighted by Crippen LogP contribution is -2.37. The van der Waals surface area contributed by atoms with Crippen LogP contribution in [0.5, 0.6) is 0 Å². The van der Waals surface area contributed by atoms with Crippen molar-refractivity contribution in [1.82, 2.24) is 0 Å². The first-order valence-corrected chi connectivity index (χ1v) is 15.0. The number of hydrogen-bond donors (Lipinski definition) is 0. The maximum absolute atomic E-state index is 12.6. The third-order valence-electron chi connectivity index (χ3n) is 3.48. The first-order valence-electron chi connectivity index (χ1n) is 6.56. The topological polar surface area (TPSA) is 34.1 Å². The van der Waals surface area contributed by atoms with Crippen molar-refractivity contribution in [2.75, 3.05) is 0 Å². The SMILES string of the molecule is C[Si](C)(C)C1=Cc2cc([Si](C)(C)C)ccc2S1(=O)=O. The van der Waals surface area contributed by atoms with E-state index in [0.717, 1.165) is 5.56 Å². The lowest BCUT2D eigenvalue weighted by Gasteiger charge is -2.18. The highest BCUT2D eigenvalue weighted by Gasteiger charge is 2.38. The maximum atomic E-state index is 12.6. The molecular formula is C14H22O2SSi2. The molecular weight excluding hydrogens is 288 g/mol. The molecule has 0 N–H and O–H groups in total. The van der Waals surface area contributed by atoms with Crippen LogP contribution in [0.4, 0.5) is 0 Å². The molecule has 1 aliphatic rings. The molecule has 0 aromatic heterocycles. The second kappa shape index (κ2) is 4.17. The van der Waals surface area contributed by atoms with Gasteiger partial charge in [0.2, 0.25) is 0 Å². The minimum absolute atomic E-state index is 0.506. The molecule has 5 heteroatoms. The Bertz CT molecular complexity index is 660. The van der Waals surface area contributed by atoms with Gasteiger partial charge < -0.3 is 0 Å². The first kappa shape index (κ1) is 14.7. The fourth-order valence-corrected chi connectivity index (χ4v) is 8.84.